The maximum absolute atomic E-state index is 13.1. The van der Waals surface area contributed by atoms with Gasteiger partial charge in [0, 0.05) is 35.4 Å². The smallest absolute Gasteiger partial charge is 0.251 e. The third-order valence-corrected chi connectivity index (χ3v) is 7.37. The van der Waals surface area contributed by atoms with E-state index in [1.807, 2.05) is 18.2 Å². The molecule has 0 radical (unpaired) electrons. The first-order chi connectivity index (χ1) is 16.2. The number of hydrogen-bond donors (Lipinski definition) is 4. The maximum atomic E-state index is 13.1. The highest BCUT2D eigenvalue weighted by Crippen LogP contribution is 2.24. The number of phenols is 1. The minimum Gasteiger partial charge on any atom is -0.508 e. The van der Waals surface area contributed by atoms with Gasteiger partial charge in [0.1, 0.15) is 5.75 Å². The van der Waals surface area contributed by atoms with Crippen molar-refractivity contribution in [2.24, 2.45) is 0 Å². The summed E-state index contributed by atoms with van der Waals surface area (Å²) < 4.78 is 28.3. The van der Waals surface area contributed by atoms with Gasteiger partial charge in [-0.3, -0.25) is 4.79 Å². The van der Waals surface area contributed by atoms with Gasteiger partial charge in [-0.25, -0.2) is 13.1 Å². The number of anilines is 1. The number of aromatic hydroxyl groups is 1. The Morgan fingerprint density at radius 3 is 2.29 bits per heavy atom. The fraction of sp³-hybridized carbons (Fsp3) is 0.269. The minimum atomic E-state index is -3.82. The maximum Gasteiger partial charge on any atom is 0.251 e. The zero-order valence-corrected chi connectivity index (χ0v) is 20.0. The largest absolute Gasteiger partial charge is 0.508 e. The molecule has 1 aliphatic carbocycles. The van der Waals surface area contributed by atoms with E-state index in [9.17, 15) is 18.3 Å². The number of carbonyl (C=O) groups is 1. The Morgan fingerprint density at radius 2 is 1.65 bits per heavy atom. The van der Waals surface area contributed by atoms with Crippen LogP contribution in [0.3, 0.4) is 0 Å². The molecule has 0 aliphatic heterocycles. The zero-order valence-electron chi connectivity index (χ0n) is 19.2. The van der Waals surface area contributed by atoms with Crippen molar-refractivity contribution >= 4 is 21.6 Å². The van der Waals surface area contributed by atoms with Gasteiger partial charge in [-0.2, -0.15) is 0 Å². The summed E-state index contributed by atoms with van der Waals surface area (Å²) in [5.74, 6) is -0.191. The van der Waals surface area contributed by atoms with E-state index in [0.717, 1.165) is 12.8 Å². The van der Waals surface area contributed by atoms with Gasteiger partial charge in [-0.05, 0) is 62.1 Å². The molecule has 1 amide bonds. The highest BCUT2D eigenvalue weighted by atomic mass is 32.2. The van der Waals surface area contributed by atoms with Crippen molar-refractivity contribution in [2.75, 3.05) is 5.32 Å². The van der Waals surface area contributed by atoms with Gasteiger partial charge >= 0.3 is 0 Å². The van der Waals surface area contributed by atoms with Crippen LogP contribution in [-0.2, 0) is 29.4 Å². The Balaban J connectivity index is 1.58. The summed E-state index contributed by atoms with van der Waals surface area (Å²) in [4.78, 5) is 13.1. The molecule has 34 heavy (non-hydrogen) atoms. The molecule has 0 unspecified atom stereocenters. The molecule has 3 aromatic rings. The van der Waals surface area contributed by atoms with E-state index in [1.54, 1.807) is 38.1 Å². The number of carbonyl (C=O) groups excluding carboxylic acids is 1. The van der Waals surface area contributed by atoms with E-state index >= 15 is 0 Å². The molecule has 0 spiro atoms. The molecule has 178 valence electrons. The number of benzene rings is 3. The topological polar surface area (TPSA) is 108 Å². The van der Waals surface area contributed by atoms with Gasteiger partial charge in [0.25, 0.3) is 5.91 Å². The summed E-state index contributed by atoms with van der Waals surface area (Å²) in [6.45, 7) is 3.75. The first-order valence-electron chi connectivity index (χ1n) is 11.3. The summed E-state index contributed by atoms with van der Waals surface area (Å²) in [5, 5.41) is 16.2. The Hall–Kier alpha value is -3.36. The van der Waals surface area contributed by atoms with Gasteiger partial charge in [0.15, 0.2) is 0 Å². The zero-order chi connectivity index (χ0) is 24.3. The molecule has 1 aliphatic rings. The van der Waals surface area contributed by atoms with E-state index in [-0.39, 0.29) is 40.7 Å². The molecule has 4 N–H and O–H groups in total. The Bertz CT molecular complexity index is 1280. The summed E-state index contributed by atoms with van der Waals surface area (Å²) in [7, 11) is -3.82. The van der Waals surface area contributed by atoms with E-state index in [1.165, 1.54) is 23.3 Å². The molecule has 0 aromatic heterocycles. The lowest BCUT2D eigenvalue weighted by Gasteiger charge is -2.16. The van der Waals surface area contributed by atoms with Crippen LogP contribution in [0.2, 0.25) is 0 Å². The quantitative estimate of drug-likeness (QED) is 0.395. The third kappa shape index (κ3) is 5.58. The fourth-order valence-electron chi connectivity index (χ4n) is 4.15. The van der Waals surface area contributed by atoms with Crippen molar-refractivity contribution in [2.45, 2.75) is 50.2 Å². The number of phenolic OH excluding ortho intramolecular Hbond substituents is 1. The summed E-state index contributed by atoms with van der Waals surface area (Å²) in [5.41, 5.74) is 3.81. The van der Waals surface area contributed by atoms with Gasteiger partial charge in [0.05, 0.1) is 4.90 Å². The van der Waals surface area contributed by atoms with Gasteiger partial charge < -0.3 is 15.7 Å². The van der Waals surface area contributed by atoms with Crippen molar-refractivity contribution in [3.8, 4) is 5.75 Å². The molecule has 0 bridgehead atoms. The van der Waals surface area contributed by atoms with Crippen molar-refractivity contribution in [3.63, 3.8) is 0 Å². The van der Waals surface area contributed by atoms with Crippen LogP contribution in [0.5, 0.6) is 5.75 Å². The molecule has 0 fully saturated rings. The van der Waals surface area contributed by atoms with Gasteiger partial charge in [0.2, 0.25) is 10.0 Å². The number of hydrogen-bond acceptors (Lipinski definition) is 5. The number of amides is 1. The van der Waals surface area contributed by atoms with Crippen LogP contribution in [0.25, 0.3) is 0 Å². The number of rotatable bonds is 8. The predicted octanol–water partition coefficient (Wildman–Crippen LogP) is 3.59. The van der Waals surface area contributed by atoms with Crippen LogP contribution < -0.4 is 15.4 Å². The second-order valence-corrected chi connectivity index (χ2v) is 10.6. The van der Waals surface area contributed by atoms with E-state index in [2.05, 4.69) is 27.5 Å². The average Bonchev–Trinajstić information content (AvgIpc) is 3.20. The molecule has 7 nitrogen and oxygen atoms in total. The van der Waals surface area contributed by atoms with Crippen molar-refractivity contribution in [1.29, 1.82) is 0 Å². The van der Waals surface area contributed by atoms with E-state index < -0.39 is 10.0 Å². The Morgan fingerprint density at radius 1 is 1.00 bits per heavy atom. The average molecular weight is 480 g/mol. The Kier molecular flexibility index (Phi) is 6.90. The van der Waals surface area contributed by atoms with Crippen LogP contribution in [0.1, 0.15) is 40.9 Å². The summed E-state index contributed by atoms with van der Waals surface area (Å²) in [6, 6.07) is 19.2. The first kappa shape index (κ1) is 23.8. The molecule has 0 atom stereocenters. The molecule has 0 saturated heterocycles. The van der Waals surface area contributed by atoms with E-state index in [0.29, 0.717) is 11.3 Å². The third-order valence-electron chi connectivity index (χ3n) is 5.73. The second kappa shape index (κ2) is 9.87. The molecule has 3 aromatic carbocycles. The molecule has 8 heteroatoms. The van der Waals surface area contributed by atoms with Crippen LogP contribution in [0, 0.1) is 0 Å². The highest BCUT2D eigenvalue weighted by Gasteiger charge is 2.24. The first-order valence-corrected chi connectivity index (χ1v) is 12.8. The van der Waals surface area contributed by atoms with Crippen molar-refractivity contribution in [1.82, 2.24) is 10.0 Å². The molecule has 0 saturated carbocycles. The predicted molar refractivity (Wildman–Crippen MR) is 132 cm³/mol. The lowest BCUT2D eigenvalue weighted by molar-refractivity contribution is 0.0938. The minimum absolute atomic E-state index is 0.00309. The van der Waals surface area contributed by atoms with Crippen LogP contribution in [-0.4, -0.2) is 31.5 Å². The van der Waals surface area contributed by atoms with Gasteiger partial charge in [-0.1, -0.05) is 42.5 Å². The molecule has 4 rings (SSSR count). The molecular weight excluding hydrogens is 450 g/mol. The summed E-state index contributed by atoms with van der Waals surface area (Å²) in [6.07, 6.45) is 1.49. The lowest BCUT2D eigenvalue weighted by Crippen LogP contribution is -2.35. The second-order valence-electron chi connectivity index (χ2n) is 8.85. The molecular formula is C26H29N3O4S. The van der Waals surface area contributed by atoms with Gasteiger partial charge in [-0.15, -0.1) is 0 Å². The monoisotopic (exact) mass is 479 g/mol. The molecule has 0 heterocycles. The standard InChI is InChI=1S/C26H29N3O4S/c1-17(2)29-34(32,33)24-14-21(13-22(15-24)27-16-20-9-5-6-10-25(20)30)26(31)28-23-11-18-7-3-4-8-19(18)12-23/h3-10,13-15,17,23,27,29-30H,11-12,16H2,1-2H3,(H,28,31). The number of para-hydroxylation sites is 1. The number of nitrogens with one attached hydrogen (secondary N) is 3. The highest BCUT2D eigenvalue weighted by molar-refractivity contribution is 7.89. The van der Waals surface area contributed by atoms with Crippen LogP contribution in [0.4, 0.5) is 5.69 Å². The van der Waals surface area contributed by atoms with Crippen molar-refractivity contribution < 1.29 is 18.3 Å². The SMILES string of the molecule is CC(C)NS(=O)(=O)c1cc(NCc2ccccc2O)cc(C(=O)NC2Cc3ccccc3C2)c1. The van der Waals surface area contributed by atoms with Crippen LogP contribution in [0.15, 0.2) is 71.6 Å². The summed E-state index contributed by atoms with van der Waals surface area (Å²) >= 11 is 0. The number of fused-ring (bicyclic) bond motifs is 1. The number of sulfonamides is 1. The van der Waals surface area contributed by atoms with E-state index in [4.69, 9.17) is 0 Å². The lowest BCUT2D eigenvalue weighted by atomic mass is 10.1. The Labute approximate surface area is 200 Å². The van der Waals surface area contributed by atoms with Crippen molar-refractivity contribution in [3.05, 3.63) is 89.0 Å². The van der Waals surface area contributed by atoms with Crippen LogP contribution >= 0.6 is 0 Å². The fourth-order valence-corrected chi connectivity index (χ4v) is 5.47. The normalized spacial score (nSPS) is 13.6.